The molecule has 0 aliphatic rings. The van der Waals surface area contributed by atoms with Gasteiger partial charge in [-0.3, -0.25) is 0 Å². The normalized spacial score (nSPS) is 11.2. The van der Waals surface area contributed by atoms with Gasteiger partial charge in [-0.25, -0.2) is 0 Å². The zero-order valence-corrected chi connectivity index (χ0v) is 11.4. The van der Waals surface area contributed by atoms with Crippen molar-refractivity contribution < 1.29 is 4.74 Å². The summed E-state index contributed by atoms with van der Waals surface area (Å²) in [6.45, 7) is 11.0. The first kappa shape index (κ1) is 15.9. The first-order chi connectivity index (χ1) is 7.85. The van der Waals surface area contributed by atoms with Crippen molar-refractivity contribution in [3.63, 3.8) is 0 Å². The molecule has 0 bridgehead atoms. The van der Waals surface area contributed by atoms with Gasteiger partial charge in [-0.2, -0.15) is 0 Å². The molecule has 3 nitrogen and oxygen atoms in total. The molecule has 0 aliphatic heterocycles. The summed E-state index contributed by atoms with van der Waals surface area (Å²) in [6.07, 6.45) is 5.19. The lowest BCUT2D eigenvalue weighted by Gasteiger charge is -2.19. The van der Waals surface area contributed by atoms with E-state index in [0.717, 1.165) is 26.2 Å². The highest BCUT2D eigenvalue weighted by atomic mass is 16.5. The predicted molar refractivity (Wildman–Crippen MR) is 71.0 cm³/mol. The molecule has 0 unspecified atom stereocenters. The molecule has 0 atom stereocenters. The smallest absolute Gasteiger partial charge is 0.0589 e. The maximum Gasteiger partial charge on any atom is 0.0589 e. The van der Waals surface area contributed by atoms with Crippen molar-refractivity contribution in [3.8, 4) is 0 Å². The highest BCUT2D eigenvalue weighted by Crippen LogP contribution is 1.98. The summed E-state index contributed by atoms with van der Waals surface area (Å²) < 4.78 is 5.09. The second-order valence-corrected chi connectivity index (χ2v) is 4.24. The van der Waals surface area contributed by atoms with Gasteiger partial charge in [0.05, 0.1) is 6.61 Å². The topological polar surface area (TPSA) is 24.5 Å². The van der Waals surface area contributed by atoms with Crippen molar-refractivity contribution in [2.75, 3.05) is 46.4 Å². The van der Waals surface area contributed by atoms with Gasteiger partial charge >= 0.3 is 0 Å². The van der Waals surface area contributed by atoms with E-state index < -0.39 is 0 Å². The Morgan fingerprint density at radius 3 is 2.44 bits per heavy atom. The fourth-order valence-corrected chi connectivity index (χ4v) is 1.71. The Bertz CT molecular complexity index is 131. The van der Waals surface area contributed by atoms with E-state index in [0.29, 0.717) is 0 Å². The average molecular weight is 230 g/mol. The molecule has 16 heavy (non-hydrogen) atoms. The minimum atomic E-state index is 0.853. The molecule has 98 valence electrons. The SMILES string of the molecule is CCCNCCCCCN(CC)CCOC. The van der Waals surface area contributed by atoms with Crippen molar-refractivity contribution in [1.29, 1.82) is 0 Å². The number of hydrogen-bond acceptors (Lipinski definition) is 3. The zero-order chi connectivity index (χ0) is 12.1. The van der Waals surface area contributed by atoms with E-state index in [1.807, 2.05) is 0 Å². The van der Waals surface area contributed by atoms with Gasteiger partial charge in [-0.05, 0) is 45.4 Å². The molecule has 3 heteroatoms. The highest BCUT2D eigenvalue weighted by Gasteiger charge is 2.00. The molecule has 0 saturated heterocycles. The van der Waals surface area contributed by atoms with E-state index in [1.165, 1.54) is 38.8 Å². The van der Waals surface area contributed by atoms with Crippen molar-refractivity contribution >= 4 is 0 Å². The van der Waals surface area contributed by atoms with Gasteiger partial charge in [0.2, 0.25) is 0 Å². The summed E-state index contributed by atoms with van der Waals surface area (Å²) in [7, 11) is 1.77. The van der Waals surface area contributed by atoms with Crippen LogP contribution in [0.4, 0.5) is 0 Å². The molecular weight excluding hydrogens is 200 g/mol. The Labute approximate surface area is 102 Å². The molecule has 0 radical (unpaired) electrons. The lowest BCUT2D eigenvalue weighted by molar-refractivity contribution is 0.149. The molecule has 0 spiro atoms. The molecule has 1 N–H and O–H groups in total. The molecule has 0 rings (SSSR count). The molecule has 0 aromatic rings. The average Bonchev–Trinajstić information content (AvgIpc) is 2.32. The maximum atomic E-state index is 5.09. The summed E-state index contributed by atoms with van der Waals surface area (Å²) in [5.74, 6) is 0. The number of likely N-dealkylation sites (N-methyl/N-ethyl adjacent to an activating group) is 1. The third kappa shape index (κ3) is 10.4. The van der Waals surface area contributed by atoms with Crippen molar-refractivity contribution in [1.82, 2.24) is 10.2 Å². The van der Waals surface area contributed by atoms with E-state index in [1.54, 1.807) is 7.11 Å². The van der Waals surface area contributed by atoms with Crippen LogP contribution < -0.4 is 5.32 Å². The lowest BCUT2D eigenvalue weighted by atomic mass is 10.2. The quantitative estimate of drug-likeness (QED) is 0.520. The van der Waals surface area contributed by atoms with Gasteiger partial charge in [-0.1, -0.05) is 20.3 Å². The van der Waals surface area contributed by atoms with Crippen LogP contribution in [0.3, 0.4) is 0 Å². The number of nitrogens with one attached hydrogen (secondary N) is 1. The Balaban J connectivity index is 3.20. The summed E-state index contributed by atoms with van der Waals surface area (Å²) >= 11 is 0. The van der Waals surface area contributed by atoms with E-state index in [-0.39, 0.29) is 0 Å². The molecule has 0 aromatic heterocycles. The van der Waals surface area contributed by atoms with Crippen LogP contribution in [0.5, 0.6) is 0 Å². The molecule has 0 saturated carbocycles. The van der Waals surface area contributed by atoms with Crippen LogP contribution in [0, 0.1) is 0 Å². The van der Waals surface area contributed by atoms with Crippen LogP contribution in [0.1, 0.15) is 39.5 Å². The monoisotopic (exact) mass is 230 g/mol. The third-order valence-electron chi connectivity index (χ3n) is 2.81. The van der Waals surface area contributed by atoms with Crippen molar-refractivity contribution in [2.24, 2.45) is 0 Å². The minimum Gasteiger partial charge on any atom is -0.383 e. The fraction of sp³-hybridized carbons (Fsp3) is 1.00. The van der Waals surface area contributed by atoms with Crippen LogP contribution in [0.2, 0.25) is 0 Å². The Kier molecular flexibility index (Phi) is 12.9. The number of methoxy groups -OCH3 is 1. The zero-order valence-electron chi connectivity index (χ0n) is 11.4. The number of nitrogens with zero attached hydrogens (tertiary/aromatic N) is 1. The molecular formula is C13H30N2O. The number of ether oxygens (including phenoxy) is 1. The first-order valence-corrected chi connectivity index (χ1v) is 6.77. The van der Waals surface area contributed by atoms with E-state index in [4.69, 9.17) is 4.74 Å². The van der Waals surface area contributed by atoms with Crippen LogP contribution >= 0.6 is 0 Å². The van der Waals surface area contributed by atoms with Gasteiger partial charge in [0, 0.05) is 13.7 Å². The largest absolute Gasteiger partial charge is 0.383 e. The van der Waals surface area contributed by atoms with Crippen LogP contribution in [-0.4, -0.2) is 51.3 Å². The van der Waals surface area contributed by atoms with Gasteiger partial charge in [-0.15, -0.1) is 0 Å². The highest BCUT2D eigenvalue weighted by molar-refractivity contribution is 4.56. The maximum absolute atomic E-state index is 5.09. The minimum absolute atomic E-state index is 0.853. The molecule has 0 fully saturated rings. The first-order valence-electron chi connectivity index (χ1n) is 6.77. The fourth-order valence-electron chi connectivity index (χ4n) is 1.71. The Morgan fingerprint density at radius 1 is 1.00 bits per heavy atom. The number of rotatable bonds is 12. The summed E-state index contributed by atoms with van der Waals surface area (Å²) in [5, 5.41) is 3.44. The van der Waals surface area contributed by atoms with E-state index in [9.17, 15) is 0 Å². The van der Waals surface area contributed by atoms with Crippen LogP contribution in [0.25, 0.3) is 0 Å². The van der Waals surface area contributed by atoms with Gasteiger partial charge < -0.3 is 15.0 Å². The summed E-state index contributed by atoms with van der Waals surface area (Å²) in [5.41, 5.74) is 0. The molecule has 0 amide bonds. The standard InChI is InChI=1S/C13H30N2O/c1-4-9-14-10-7-6-8-11-15(5-2)12-13-16-3/h14H,4-13H2,1-3H3. The molecule has 0 aliphatic carbocycles. The summed E-state index contributed by atoms with van der Waals surface area (Å²) in [4.78, 5) is 2.46. The molecule has 0 heterocycles. The van der Waals surface area contributed by atoms with Crippen molar-refractivity contribution in [2.45, 2.75) is 39.5 Å². The summed E-state index contributed by atoms with van der Waals surface area (Å²) in [6, 6.07) is 0. The van der Waals surface area contributed by atoms with Gasteiger partial charge in [0.1, 0.15) is 0 Å². The second-order valence-electron chi connectivity index (χ2n) is 4.24. The Hall–Kier alpha value is -0.120. The molecule has 0 aromatic carbocycles. The van der Waals surface area contributed by atoms with Crippen molar-refractivity contribution in [3.05, 3.63) is 0 Å². The number of hydrogen-bond donors (Lipinski definition) is 1. The third-order valence-corrected chi connectivity index (χ3v) is 2.81. The second kappa shape index (κ2) is 12.9. The number of unbranched alkanes of at least 4 members (excludes halogenated alkanes) is 2. The van der Waals surface area contributed by atoms with E-state index in [2.05, 4.69) is 24.1 Å². The predicted octanol–water partition coefficient (Wildman–Crippen LogP) is 2.12. The van der Waals surface area contributed by atoms with Gasteiger partial charge in [0.25, 0.3) is 0 Å². The van der Waals surface area contributed by atoms with Gasteiger partial charge in [0.15, 0.2) is 0 Å². The van der Waals surface area contributed by atoms with Crippen LogP contribution in [0.15, 0.2) is 0 Å². The van der Waals surface area contributed by atoms with Crippen LogP contribution in [-0.2, 0) is 4.74 Å². The lowest BCUT2D eigenvalue weighted by Crippen LogP contribution is -2.28. The Morgan fingerprint density at radius 2 is 1.81 bits per heavy atom. The van der Waals surface area contributed by atoms with E-state index >= 15 is 0 Å².